The van der Waals surface area contributed by atoms with Crippen molar-refractivity contribution in [2.24, 2.45) is 15.0 Å². The number of benzene rings is 3. The summed E-state index contributed by atoms with van der Waals surface area (Å²) < 4.78 is 11.6. The van der Waals surface area contributed by atoms with Gasteiger partial charge in [0.2, 0.25) is 18.2 Å². The van der Waals surface area contributed by atoms with E-state index in [-0.39, 0.29) is 5.69 Å². The average Bonchev–Trinajstić information content (AvgIpc) is 2.84. The van der Waals surface area contributed by atoms with Crippen LogP contribution in [0, 0.1) is 0 Å². The lowest BCUT2D eigenvalue weighted by Crippen LogP contribution is -2.12. The first kappa shape index (κ1) is 23.9. The summed E-state index contributed by atoms with van der Waals surface area (Å²) in [6.07, 6.45) is 4.58. The molecule has 3 aromatic carbocycles. The summed E-state index contributed by atoms with van der Waals surface area (Å²) in [7, 11) is 0. The topological polar surface area (TPSA) is 110 Å². The zero-order chi connectivity index (χ0) is 24.3. The SMILES string of the molecule is CCOc1cc(N(c2ccc(N=C=O)cc2)c2ccc(N=C=O)cc2)c(OCC)cc1N=C=O. The Balaban J connectivity index is 2.27. The minimum Gasteiger partial charge on any atom is -0.492 e. The molecule has 0 aliphatic rings. The van der Waals surface area contributed by atoms with Gasteiger partial charge in [0.25, 0.3) is 0 Å². The fourth-order valence-corrected chi connectivity index (χ4v) is 3.28. The summed E-state index contributed by atoms with van der Waals surface area (Å²) in [6, 6.07) is 17.1. The Labute approximate surface area is 195 Å². The molecule has 0 atom stereocenters. The number of nitrogens with zero attached hydrogens (tertiary/aromatic N) is 4. The lowest BCUT2D eigenvalue weighted by atomic mass is 10.1. The second-order valence-corrected chi connectivity index (χ2v) is 6.63. The van der Waals surface area contributed by atoms with Gasteiger partial charge in [-0.25, -0.2) is 14.4 Å². The van der Waals surface area contributed by atoms with Gasteiger partial charge >= 0.3 is 0 Å². The molecule has 0 amide bonds. The molecule has 0 radical (unpaired) electrons. The lowest BCUT2D eigenvalue weighted by molar-refractivity contribution is 0.332. The molecule has 9 nitrogen and oxygen atoms in total. The Morgan fingerprint density at radius 2 is 1.15 bits per heavy atom. The maximum atomic E-state index is 11.0. The van der Waals surface area contributed by atoms with Crippen LogP contribution in [0.5, 0.6) is 11.5 Å². The first-order valence-electron chi connectivity index (χ1n) is 10.3. The van der Waals surface area contributed by atoms with Crippen molar-refractivity contribution in [3.05, 3.63) is 60.7 Å². The summed E-state index contributed by atoms with van der Waals surface area (Å²) in [5, 5.41) is 0. The van der Waals surface area contributed by atoms with E-state index in [0.29, 0.717) is 53.1 Å². The van der Waals surface area contributed by atoms with E-state index in [1.807, 2.05) is 18.7 Å². The fraction of sp³-hybridized carbons (Fsp3) is 0.160. The normalized spacial score (nSPS) is 9.71. The van der Waals surface area contributed by atoms with Gasteiger partial charge in [0.05, 0.1) is 30.3 Å². The summed E-state index contributed by atoms with van der Waals surface area (Å²) in [5.74, 6) is 0.823. The molecule has 0 fully saturated rings. The molecule has 170 valence electrons. The highest BCUT2D eigenvalue weighted by atomic mass is 16.5. The minimum atomic E-state index is 0.287. The van der Waals surface area contributed by atoms with Crippen molar-refractivity contribution in [1.29, 1.82) is 0 Å². The molecular weight excluding hydrogens is 436 g/mol. The highest BCUT2D eigenvalue weighted by molar-refractivity contribution is 5.84. The van der Waals surface area contributed by atoms with Crippen LogP contribution in [0.25, 0.3) is 0 Å². The van der Waals surface area contributed by atoms with E-state index in [9.17, 15) is 14.4 Å². The van der Waals surface area contributed by atoms with Gasteiger partial charge in [-0.05, 0) is 62.4 Å². The molecule has 0 spiro atoms. The van der Waals surface area contributed by atoms with Crippen molar-refractivity contribution in [2.75, 3.05) is 18.1 Å². The van der Waals surface area contributed by atoms with Crippen LogP contribution in [0.4, 0.5) is 34.1 Å². The number of ether oxygens (including phenoxy) is 2. The minimum absolute atomic E-state index is 0.287. The predicted octanol–water partition coefficient (Wildman–Crippen LogP) is 5.86. The van der Waals surface area contributed by atoms with E-state index < -0.39 is 0 Å². The molecule has 0 bridgehead atoms. The van der Waals surface area contributed by atoms with E-state index in [1.165, 1.54) is 12.2 Å². The van der Waals surface area contributed by atoms with Gasteiger partial charge in [-0.1, -0.05) is 0 Å². The molecule has 3 rings (SSSR count). The highest BCUT2D eigenvalue weighted by Crippen LogP contribution is 2.46. The molecule has 0 saturated carbocycles. The van der Waals surface area contributed by atoms with Crippen LogP contribution in [0.3, 0.4) is 0 Å². The molecule has 0 aromatic heterocycles. The molecular formula is C25H20N4O5. The van der Waals surface area contributed by atoms with Crippen LogP contribution in [-0.2, 0) is 14.4 Å². The molecule has 0 heterocycles. The Morgan fingerprint density at radius 3 is 1.59 bits per heavy atom. The van der Waals surface area contributed by atoms with E-state index in [2.05, 4.69) is 15.0 Å². The van der Waals surface area contributed by atoms with E-state index in [4.69, 9.17) is 9.47 Å². The monoisotopic (exact) mass is 456 g/mol. The lowest BCUT2D eigenvalue weighted by Gasteiger charge is -2.28. The number of rotatable bonds is 10. The van der Waals surface area contributed by atoms with Gasteiger partial charge in [0.1, 0.15) is 17.2 Å². The molecule has 0 unspecified atom stereocenters. The Morgan fingerprint density at radius 1 is 0.676 bits per heavy atom. The second kappa shape index (κ2) is 11.7. The van der Waals surface area contributed by atoms with Crippen molar-refractivity contribution in [1.82, 2.24) is 0 Å². The number of anilines is 3. The maximum Gasteiger partial charge on any atom is 0.240 e. The Bertz CT molecular complexity index is 1220. The van der Waals surface area contributed by atoms with Crippen LogP contribution in [0.2, 0.25) is 0 Å². The molecule has 0 saturated heterocycles. The van der Waals surface area contributed by atoms with Crippen LogP contribution in [0.15, 0.2) is 75.6 Å². The van der Waals surface area contributed by atoms with E-state index >= 15 is 0 Å². The summed E-state index contributed by atoms with van der Waals surface area (Å²) in [4.78, 5) is 45.1. The van der Waals surface area contributed by atoms with Crippen LogP contribution in [-0.4, -0.2) is 31.5 Å². The smallest absolute Gasteiger partial charge is 0.240 e. The van der Waals surface area contributed by atoms with Crippen molar-refractivity contribution < 1.29 is 23.9 Å². The third-order valence-corrected chi connectivity index (χ3v) is 4.61. The van der Waals surface area contributed by atoms with Gasteiger partial charge in [-0.2, -0.15) is 15.0 Å². The van der Waals surface area contributed by atoms with Crippen molar-refractivity contribution in [3.8, 4) is 11.5 Å². The molecule has 34 heavy (non-hydrogen) atoms. The van der Waals surface area contributed by atoms with Gasteiger partial charge < -0.3 is 14.4 Å². The summed E-state index contributed by atoms with van der Waals surface area (Å²) in [6.45, 7) is 4.37. The zero-order valence-corrected chi connectivity index (χ0v) is 18.5. The highest BCUT2D eigenvalue weighted by Gasteiger charge is 2.21. The molecule has 9 heteroatoms. The number of isocyanates is 3. The number of aliphatic imine (C=N–C) groups is 3. The van der Waals surface area contributed by atoms with Gasteiger partial charge in [0.15, 0.2) is 0 Å². The van der Waals surface area contributed by atoms with Crippen molar-refractivity contribution in [3.63, 3.8) is 0 Å². The number of hydrogen-bond acceptors (Lipinski definition) is 9. The first-order valence-corrected chi connectivity index (χ1v) is 10.3. The third-order valence-electron chi connectivity index (χ3n) is 4.61. The van der Waals surface area contributed by atoms with E-state index in [1.54, 1.807) is 66.7 Å². The van der Waals surface area contributed by atoms with Crippen molar-refractivity contribution in [2.45, 2.75) is 13.8 Å². The molecule has 0 aliphatic carbocycles. The molecule has 3 aromatic rings. The quantitative estimate of drug-likeness (QED) is 0.279. The van der Waals surface area contributed by atoms with Crippen LogP contribution in [0.1, 0.15) is 13.8 Å². The Kier molecular flexibility index (Phi) is 8.22. The van der Waals surface area contributed by atoms with E-state index in [0.717, 1.165) is 0 Å². The van der Waals surface area contributed by atoms with Crippen LogP contribution < -0.4 is 14.4 Å². The number of carbonyl (C=O) groups excluding carboxylic acids is 3. The standard InChI is InChI=1S/C25H20N4O5/c1-3-33-24-14-23(25(34-4-2)13-22(24)28-17-32)29(20-9-5-18(6-10-20)26-15-30)21-11-7-19(8-12-21)27-16-31/h5-14H,3-4H2,1-2H3. The van der Waals surface area contributed by atoms with Gasteiger partial charge in [-0.3, -0.25) is 0 Å². The summed E-state index contributed by atoms with van der Waals surface area (Å²) >= 11 is 0. The molecule has 0 N–H and O–H groups in total. The average molecular weight is 456 g/mol. The predicted molar refractivity (Wildman–Crippen MR) is 127 cm³/mol. The van der Waals surface area contributed by atoms with Gasteiger partial charge in [-0.15, -0.1) is 0 Å². The fourth-order valence-electron chi connectivity index (χ4n) is 3.28. The first-order chi connectivity index (χ1) is 16.6. The van der Waals surface area contributed by atoms with Crippen molar-refractivity contribution >= 4 is 52.4 Å². The third kappa shape index (κ3) is 5.51. The largest absolute Gasteiger partial charge is 0.492 e. The summed E-state index contributed by atoms with van der Waals surface area (Å²) in [5.41, 5.74) is 3.22. The number of hydrogen-bond donors (Lipinski definition) is 0. The van der Waals surface area contributed by atoms with Gasteiger partial charge in [0, 0.05) is 23.5 Å². The zero-order valence-electron chi connectivity index (χ0n) is 18.5. The Hall–Kier alpha value is -4.80. The maximum absolute atomic E-state index is 11.0. The van der Waals surface area contributed by atoms with Crippen LogP contribution >= 0.6 is 0 Å². The molecule has 0 aliphatic heterocycles. The second-order valence-electron chi connectivity index (χ2n) is 6.63.